The molecule has 2 aromatic carbocycles. The molecular formula is C19H20Cl3NO4S2. The molecule has 0 bridgehead atoms. The Morgan fingerprint density at radius 3 is 2.24 bits per heavy atom. The predicted octanol–water partition coefficient (Wildman–Crippen LogP) is 5.78. The molecule has 2 aromatic rings. The second-order valence-electron chi connectivity index (χ2n) is 6.40. The summed E-state index contributed by atoms with van der Waals surface area (Å²) >= 11 is 22.7. The summed E-state index contributed by atoms with van der Waals surface area (Å²) in [5.74, 6) is -1.01. The number of hydrogen-bond donors (Lipinski definition) is 2. The molecule has 0 radical (unpaired) electrons. The third kappa shape index (κ3) is 6.18. The average molecular weight is 497 g/mol. The fraction of sp³-hybridized carbons (Fsp3) is 0.316. The number of thiol groups is 1. The SMILES string of the molecule is CC[C@H](CC(S)CC(=O)O)N(c1cc(Cl)ccc1Cl)S(=O)(=O)c1ccc(Cl)cc1. The lowest BCUT2D eigenvalue weighted by Gasteiger charge is -2.34. The number of carbonyl (C=O) groups is 1. The van der Waals surface area contributed by atoms with E-state index in [4.69, 9.17) is 39.9 Å². The van der Waals surface area contributed by atoms with Gasteiger partial charge in [-0.1, -0.05) is 41.7 Å². The molecule has 0 heterocycles. The summed E-state index contributed by atoms with van der Waals surface area (Å²) in [6.45, 7) is 1.81. The normalized spacial score (nSPS) is 13.7. The Morgan fingerprint density at radius 2 is 1.69 bits per heavy atom. The highest BCUT2D eigenvalue weighted by Gasteiger charge is 2.33. The van der Waals surface area contributed by atoms with Crippen molar-refractivity contribution in [1.82, 2.24) is 0 Å². The molecule has 5 nitrogen and oxygen atoms in total. The summed E-state index contributed by atoms with van der Waals surface area (Å²) in [5, 5.41) is 9.43. The van der Waals surface area contributed by atoms with E-state index in [2.05, 4.69) is 12.6 Å². The van der Waals surface area contributed by atoms with Gasteiger partial charge in [-0.15, -0.1) is 0 Å². The first-order valence-electron chi connectivity index (χ1n) is 8.71. The zero-order chi connectivity index (χ0) is 21.8. The molecule has 0 amide bonds. The summed E-state index contributed by atoms with van der Waals surface area (Å²) in [6.07, 6.45) is 0.422. The van der Waals surface area contributed by atoms with Gasteiger partial charge in [-0.05, 0) is 55.3 Å². The second-order valence-corrected chi connectivity index (χ2v) is 10.2. The summed E-state index contributed by atoms with van der Waals surface area (Å²) in [5.41, 5.74) is 0.219. The monoisotopic (exact) mass is 495 g/mol. The molecule has 158 valence electrons. The molecule has 0 aromatic heterocycles. The molecule has 10 heteroatoms. The van der Waals surface area contributed by atoms with Gasteiger partial charge in [-0.25, -0.2) is 8.42 Å². The number of hydrogen-bond acceptors (Lipinski definition) is 4. The van der Waals surface area contributed by atoms with Crippen molar-refractivity contribution in [1.29, 1.82) is 0 Å². The van der Waals surface area contributed by atoms with Crippen molar-refractivity contribution in [3.05, 3.63) is 57.5 Å². The molecule has 1 N–H and O–H groups in total. The minimum Gasteiger partial charge on any atom is -0.481 e. The molecule has 0 aliphatic rings. The standard InChI is InChI=1S/C19H20Cl3NO4S2/c1-2-14(10-15(28)11-19(24)25)23(18-9-13(21)5-8-17(18)22)29(26,27)16-6-3-12(20)4-7-16/h3-9,14-15,28H,2,10-11H2,1H3,(H,24,25)/t14-,15?/m1/s1. The number of halogens is 3. The van der Waals surface area contributed by atoms with Crippen LogP contribution in [0.1, 0.15) is 26.2 Å². The zero-order valence-corrected chi connectivity index (χ0v) is 19.4. The van der Waals surface area contributed by atoms with E-state index in [1.165, 1.54) is 40.7 Å². The number of carboxylic acid groups (broad SMARTS) is 1. The van der Waals surface area contributed by atoms with E-state index in [-0.39, 0.29) is 28.4 Å². The lowest BCUT2D eigenvalue weighted by atomic mass is 10.1. The predicted molar refractivity (Wildman–Crippen MR) is 121 cm³/mol. The second kappa shape index (κ2) is 10.3. The van der Waals surface area contributed by atoms with Crippen molar-refractivity contribution in [2.75, 3.05) is 4.31 Å². The summed E-state index contributed by atoms with van der Waals surface area (Å²) < 4.78 is 28.3. The Kier molecular flexibility index (Phi) is 8.55. The van der Waals surface area contributed by atoms with Crippen molar-refractivity contribution in [2.45, 2.75) is 42.4 Å². The van der Waals surface area contributed by atoms with Gasteiger partial charge >= 0.3 is 5.97 Å². The van der Waals surface area contributed by atoms with Crippen LogP contribution in [0.2, 0.25) is 15.1 Å². The van der Waals surface area contributed by atoms with Crippen LogP contribution in [0.25, 0.3) is 0 Å². The van der Waals surface area contributed by atoms with Crippen LogP contribution < -0.4 is 4.31 Å². The van der Waals surface area contributed by atoms with E-state index in [0.717, 1.165) is 0 Å². The van der Waals surface area contributed by atoms with Gasteiger partial charge in [0.25, 0.3) is 10.0 Å². The van der Waals surface area contributed by atoms with Crippen molar-refractivity contribution in [3.8, 4) is 0 Å². The molecule has 29 heavy (non-hydrogen) atoms. The largest absolute Gasteiger partial charge is 0.481 e. The molecular weight excluding hydrogens is 477 g/mol. The highest BCUT2D eigenvalue weighted by atomic mass is 35.5. The van der Waals surface area contributed by atoms with Gasteiger partial charge in [-0.2, -0.15) is 12.6 Å². The summed E-state index contributed by atoms with van der Waals surface area (Å²) in [7, 11) is -4.05. The lowest BCUT2D eigenvalue weighted by molar-refractivity contribution is -0.137. The van der Waals surface area contributed by atoms with Crippen LogP contribution in [0.5, 0.6) is 0 Å². The maximum atomic E-state index is 13.6. The Hall–Kier alpha value is -1.12. The molecule has 0 aliphatic heterocycles. The van der Waals surface area contributed by atoms with Crippen LogP contribution in [0, 0.1) is 0 Å². The molecule has 0 spiro atoms. The van der Waals surface area contributed by atoms with Crippen LogP contribution in [0.3, 0.4) is 0 Å². The Labute approximate surface area is 191 Å². The van der Waals surface area contributed by atoms with Crippen LogP contribution in [0.15, 0.2) is 47.4 Å². The number of benzene rings is 2. The lowest BCUT2D eigenvalue weighted by Crippen LogP contribution is -2.42. The quantitative estimate of drug-likeness (QED) is 0.431. The van der Waals surface area contributed by atoms with Crippen LogP contribution in [-0.2, 0) is 14.8 Å². The van der Waals surface area contributed by atoms with Crippen molar-refractivity contribution < 1.29 is 18.3 Å². The molecule has 2 rings (SSSR count). The topological polar surface area (TPSA) is 74.7 Å². The fourth-order valence-corrected chi connectivity index (χ4v) is 5.62. The van der Waals surface area contributed by atoms with E-state index >= 15 is 0 Å². The first kappa shape index (κ1) is 24.2. The maximum Gasteiger partial charge on any atom is 0.304 e. The van der Waals surface area contributed by atoms with E-state index < -0.39 is 27.3 Å². The fourth-order valence-electron chi connectivity index (χ4n) is 2.92. The number of carboxylic acids is 1. The van der Waals surface area contributed by atoms with Crippen molar-refractivity contribution in [3.63, 3.8) is 0 Å². The Bertz CT molecular complexity index is 968. The smallest absolute Gasteiger partial charge is 0.304 e. The highest BCUT2D eigenvalue weighted by Crippen LogP contribution is 2.37. The summed E-state index contributed by atoms with van der Waals surface area (Å²) in [4.78, 5) is 11.1. The Balaban J connectivity index is 2.60. The molecule has 1 unspecified atom stereocenters. The van der Waals surface area contributed by atoms with Gasteiger partial charge in [0.15, 0.2) is 0 Å². The van der Waals surface area contributed by atoms with E-state index in [1.807, 2.05) is 6.92 Å². The van der Waals surface area contributed by atoms with Gasteiger partial charge in [0, 0.05) is 21.3 Å². The first-order valence-corrected chi connectivity index (χ1v) is 11.8. The van der Waals surface area contributed by atoms with Gasteiger partial charge < -0.3 is 5.11 Å². The third-order valence-corrected chi connectivity index (χ3v) is 7.35. The molecule has 2 atom stereocenters. The van der Waals surface area contributed by atoms with Crippen molar-refractivity contribution >= 4 is 69.1 Å². The number of nitrogens with zero attached hydrogens (tertiary/aromatic N) is 1. The highest BCUT2D eigenvalue weighted by molar-refractivity contribution is 7.92. The Morgan fingerprint density at radius 1 is 1.10 bits per heavy atom. The van der Waals surface area contributed by atoms with E-state index in [0.29, 0.717) is 16.5 Å². The molecule has 0 saturated heterocycles. The van der Waals surface area contributed by atoms with Gasteiger partial charge in [0.2, 0.25) is 0 Å². The first-order chi connectivity index (χ1) is 13.6. The van der Waals surface area contributed by atoms with Gasteiger partial charge in [0.05, 0.1) is 22.0 Å². The van der Waals surface area contributed by atoms with E-state index in [9.17, 15) is 13.2 Å². The molecule has 0 aliphatic carbocycles. The van der Waals surface area contributed by atoms with Crippen LogP contribution >= 0.6 is 47.4 Å². The molecule has 0 saturated carbocycles. The number of aliphatic carboxylic acids is 1. The average Bonchev–Trinajstić information content (AvgIpc) is 2.63. The number of anilines is 1. The van der Waals surface area contributed by atoms with Crippen LogP contribution in [-0.4, -0.2) is 30.8 Å². The van der Waals surface area contributed by atoms with Crippen molar-refractivity contribution in [2.24, 2.45) is 0 Å². The maximum absolute atomic E-state index is 13.6. The van der Waals surface area contributed by atoms with Gasteiger partial charge in [-0.3, -0.25) is 9.10 Å². The van der Waals surface area contributed by atoms with Crippen LogP contribution in [0.4, 0.5) is 5.69 Å². The van der Waals surface area contributed by atoms with E-state index in [1.54, 1.807) is 6.07 Å². The number of sulfonamides is 1. The summed E-state index contributed by atoms with van der Waals surface area (Å²) in [6, 6.07) is 9.76. The third-order valence-electron chi connectivity index (χ3n) is 4.27. The van der Waals surface area contributed by atoms with Gasteiger partial charge in [0.1, 0.15) is 0 Å². The minimum atomic E-state index is -4.05. The zero-order valence-electron chi connectivity index (χ0n) is 15.4. The molecule has 0 fully saturated rings. The number of rotatable bonds is 9. The minimum absolute atomic E-state index is 0.0327.